The Morgan fingerprint density at radius 2 is 1.70 bits per heavy atom. The van der Waals surface area contributed by atoms with E-state index in [-0.39, 0.29) is 5.82 Å². The normalized spacial score (nSPS) is 19.5. The van der Waals surface area contributed by atoms with Crippen LogP contribution in [0.4, 0.5) is 4.39 Å². The van der Waals surface area contributed by atoms with Crippen LogP contribution in [0.1, 0.15) is 23.5 Å². The van der Waals surface area contributed by atoms with Gasteiger partial charge in [-0.05, 0) is 47.9 Å². The Bertz CT molecular complexity index is 796. The predicted molar refractivity (Wildman–Crippen MR) is 90.6 cm³/mol. The maximum Gasteiger partial charge on any atom is 0.141 e. The summed E-state index contributed by atoms with van der Waals surface area (Å²) in [6, 6.07) is 22.3. The van der Waals surface area contributed by atoms with Crippen molar-refractivity contribution >= 4 is 0 Å². The molecule has 2 aromatic carbocycles. The first kappa shape index (κ1) is 14.1. The molecule has 0 saturated heterocycles. The highest BCUT2D eigenvalue weighted by atomic mass is 19.1. The van der Waals surface area contributed by atoms with E-state index in [0.717, 1.165) is 17.7 Å². The Morgan fingerprint density at radius 3 is 2.48 bits per heavy atom. The summed E-state index contributed by atoms with van der Waals surface area (Å²) in [5.74, 6) is 1.07. The molecule has 1 nitrogen and oxygen atoms in total. The summed E-state index contributed by atoms with van der Waals surface area (Å²) in [7, 11) is 0. The van der Waals surface area contributed by atoms with Crippen LogP contribution in [0, 0.1) is 11.7 Å². The van der Waals surface area contributed by atoms with Gasteiger partial charge in [0, 0.05) is 5.56 Å². The molecule has 2 atom stereocenters. The minimum absolute atomic E-state index is 0.294. The molecule has 0 N–H and O–H groups in total. The zero-order chi connectivity index (χ0) is 15.6. The lowest BCUT2D eigenvalue weighted by Gasteiger charge is -2.09. The van der Waals surface area contributed by atoms with Gasteiger partial charge in [-0.1, -0.05) is 54.6 Å². The Kier molecular flexibility index (Phi) is 3.66. The Labute approximate surface area is 135 Å². The topological polar surface area (TPSA) is 12.9 Å². The maximum atomic E-state index is 13.1. The second-order valence-electron chi connectivity index (χ2n) is 6.24. The van der Waals surface area contributed by atoms with Crippen LogP contribution in [0.25, 0.3) is 11.3 Å². The fourth-order valence-corrected chi connectivity index (χ4v) is 3.35. The van der Waals surface area contributed by atoms with E-state index in [0.29, 0.717) is 11.8 Å². The molecule has 1 aliphatic carbocycles. The molecule has 2 heteroatoms. The number of halogens is 1. The Morgan fingerprint density at radius 1 is 0.913 bits per heavy atom. The van der Waals surface area contributed by atoms with Crippen molar-refractivity contribution < 1.29 is 4.39 Å². The molecule has 0 spiro atoms. The minimum Gasteiger partial charge on any atom is -0.253 e. The van der Waals surface area contributed by atoms with Gasteiger partial charge in [0.2, 0.25) is 0 Å². The van der Waals surface area contributed by atoms with Crippen molar-refractivity contribution in [2.75, 3.05) is 0 Å². The molecule has 0 radical (unpaired) electrons. The predicted octanol–water partition coefficient (Wildman–Crippen LogP) is 5.23. The van der Waals surface area contributed by atoms with E-state index in [1.165, 1.54) is 29.8 Å². The lowest BCUT2D eigenvalue weighted by atomic mass is 9.97. The summed E-state index contributed by atoms with van der Waals surface area (Å²) in [4.78, 5) is 4.24. The van der Waals surface area contributed by atoms with E-state index in [4.69, 9.17) is 0 Å². The second-order valence-corrected chi connectivity index (χ2v) is 6.24. The molecule has 1 saturated carbocycles. The van der Waals surface area contributed by atoms with Gasteiger partial charge < -0.3 is 0 Å². The van der Waals surface area contributed by atoms with Crippen molar-refractivity contribution in [1.82, 2.24) is 4.98 Å². The molecule has 0 aliphatic heterocycles. The van der Waals surface area contributed by atoms with Crippen LogP contribution < -0.4 is 0 Å². The molecule has 1 heterocycles. The number of hydrogen-bond acceptors (Lipinski definition) is 1. The van der Waals surface area contributed by atoms with E-state index >= 15 is 0 Å². The van der Waals surface area contributed by atoms with Crippen molar-refractivity contribution in [3.63, 3.8) is 0 Å². The third-order valence-electron chi connectivity index (χ3n) is 4.65. The lowest BCUT2D eigenvalue weighted by Crippen LogP contribution is -1.95. The Balaban J connectivity index is 1.56. The average molecular weight is 303 g/mol. The summed E-state index contributed by atoms with van der Waals surface area (Å²) < 4.78 is 13.1. The van der Waals surface area contributed by atoms with Crippen molar-refractivity contribution in [3.8, 4) is 11.3 Å². The monoisotopic (exact) mass is 303 g/mol. The molecule has 0 bridgehead atoms. The number of aromatic nitrogens is 1. The number of rotatable bonds is 4. The van der Waals surface area contributed by atoms with Crippen LogP contribution in [-0.2, 0) is 6.42 Å². The van der Waals surface area contributed by atoms with E-state index < -0.39 is 0 Å². The van der Waals surface area contributed by atoms with Crippen LogP contribution in [-0.4, -0.2) is 4.98 Å². The van der Waals surface area contributed by atoms with Gasteiger partial charge in [0.05, 0.1) is 11.9 Å². The second kappa shape index (κ2) is 5.96. The van der Waals surface area contributed by atoms with Crippen molar-refractivity contribution in [1.29, 1.82) is 0 Å². The average Bonchev–Trinajstić information content (AvgIpc) is 3.36. The molecule has 0 amide bonds. The maximum absolute atomic E-state index is 13.1. The highest BCUT2D eigenvalue weighted by molar-refractivity contribution is 5.63. The lowest BCUT2D eigenvalue weighted by molar-refractivity contribution is 0.622. The SMILES string of the molecule is Fc1ccc(-c2ccccc2C[C@H]2C[C@H]2c2ccccc2)nc1. The first-order chi connectivity index (χ1) is 11.3. The number of benzene rings is 2. The zero-order valence-corrected chi connectivity index (χ0v) is 12.8. The number of nitrogens with zero attached hydrogens (tertiary/aromatic N) is 1. The fourth-order valence-electron chi connectivity index (χ4n) is 3.35. The summed E-state index contributed by atoms with van der Waals surface area (Å²) in [5.41, 5.74) is 4.70. The molecule has 23 heavy (non-hydrogen) atoms. The quantitative estimate of drug-likeness (QED) is 0.643. The standard InChI is InChI=1S/C21H18FN/c22-18-10-11-21(23-14-18)19-9-5-4-8-16(19)12-17-13-20(17)15-6-2-1-3-7-15/h1-11,14,17,20H,12-13H2/t17-,20-/m0/s1. The molecule has 3 aromatic rings. The molecule has 1 fully saturated rings. The van der Waals surface area contributed by atoms with Gasteiger partial charge in [-0.15, -0.1) is 0 Å². The third kappa shape index (κ3) is 3.02. The third-order valence-corrected chi connectivity index (χ3v) is 4.65. The molecule has 1 aliphatic rings. The van der Waals surface area contributed by atoms with Gasteiger partial charge in [-0.25, -0.2) is 4.39 Å². The number of hydrogen-bond donors (Lipinski definition) is 0. The van der Waals surface area contributed by atoms with Gasteiger partial charge in [0.25, 0.3) is 0 Å². The summed E-state index contributed by atoms with van der Waals surface area (Å²) in [6.07, 6.45) is 3.58. The molecule has 0 unspecified atom stereocenters. The van der Waals surface area contributed by atoms with Gasteiger partial charge in [0.15, 0.2) is 0 Å². The van der Waals surface area contributed by atoms with Crippen LogP contribution >= 0.6 is 0 Å². The Hall–Kier alpha value is -2.48. The van der Waals surface area contributed by atoms with E-state index in [1.807, 2.05) is 6.07 Å². The summed E-state index contributed by atoms with van der Waals surface area (Å²) in [5, 5.41) is 0. The molecule has 114 valence electrons. The van der Waals surface area contributed by atoms with Crippen LogP contribution in [0.5, 0.6) is 0 Å². The zero-order valence-electron chi connectivity index (χ0n) is 12.8. The largest absolute Gasteiger partial charge is 0.253 e. The van der Waals surface area contributed by atoms with Gasteiger partial charge in [-0.3, -0.25) is 4.98 Å². The summed E-state index contributed by atoms with van der Waals surface area (Å²) in [6.45, 7) is 0. The van der Waals surface area contributed by atoms with Crippen LogP contribution in [0.3, 0.4) is 0 Å². The van der Waals surface area contributed by atoms with E-state index in [9.17, 15) is 4.39 Å². The highest BCUT2D eigenvalue weighted by Crippen LogP contribution is 2.49. The van der Waals surface area contributed by atoms with Crippen molar-refractivity contribution in [2.45, 2.75) is 18.8 Å². The first-order valence-electron chi connectivity index (χ1n) is 8.06. The fraction of sp³-hybridized carbons (Fsp3) is 0.190. The van der Waals surface area contributed by atoms with Gasteiger partial charge in [0.1, 0.15) is 5.82 Å². The molecule has 1 aromatic heterocycles. The summed E-state index contributed by atoms with van der Waals surface area (Å²) >= 11 is 0. The van der Waals surface area contributed by atoms with Gasteiger partial charge >= 0.3 is 0 Å². The smallest absolute Gasteiger partial charge is 0.141 e. The van der Waals surface area contributed by atoms with Crippen molar-refractivity contribution in [3.05, 3.63) is 89.9 Å². The first-order valence-corrected chi connectivity index (χ1v) is 8.06. The number of pyridine rings is 1. The highest BCUT2D eigenvalue weighted by Gasteiger charge is 2.38. The molecular weight excluding hydrogens is 285 g/mol. The minimum atomic E-state index is -0.294. The van der Waals surface area contributed by atoms with Gasteiger partial charge in [-0.2, -0.15) is 0 Å². The van der Waals surface area contributed by atoms with Crippen molar-refractivity contribution in [2.24, 2.45) is 5.92 Å². The van der Waals surface area contributed by atoms with E-state index in [1.54, 1.807) is 6.07 Å². The van der Waals surface area contributed by atoms with Crippen LogP contribution in [0.2, 0.25) is 0 Å². The molecule has 4 rings (SSSR count). The van der Waals surface area contributed by atoms with Crippen LogP contribution in [0.15, 0.2) is 72.9 Å². The molecular formula is C21H18FN. The van der Waals surface area contributed by atoms with E-state index in [2.05, 4.69) is 53.5 Å².